The van der Waals surface area contributed by atoms with Gasteiger partial charge in [-0.05, 0) is 12.1 Å². The number of nitrogens with zero attached hydrogens (tertiary/aromatic N) is 1. The van der Waals surface area contributed by atoms with Crippen LogP contribution in [0.5, 0.6) is 0 Å². The van der Waals surface area contributed by atoms with E-state index in [-0.39, 0.29) is 11.4 Å². The van der Waals surface area contributed by atoms with Crippen LogP contribution in [0.4, 0.5) is 0 Å². The summed E-state index contributed by atoms with van der Waals surface area (Å²) >= 11 is 0. The summed E-state index contributed by atoms with van der Waals surface area (Å²) in [6, 6.07) is 7.89. The number of hydrogen-bond acceptors (Lipinski definition) is 4. The van der Waals surface area contributed by atoms with Gasteiger partial charge in [0.2, 0.25) is 15.9 Å². The Labute approximate surface area is 101 Å². The zero-order valence-electron chi connectivity index (χ0n) is 9.67. The van der Waals surface area contributed by atoms with E-state index in [2.05, 4.69) is 10.1 Å². The number of benzene rings is 1. The smallest absolute Gasteiger partial charge is 0.249 e. The van der Waals surface area contributed by atoms with Crippen LogP contribution in [0, 0.1) is 0 Å². The summed E-state index contributed by atoms with van der Waals surface area (Å²) in [5, 5.41) is 1.44. The third kappa shape index (κ3) is 4.51. The molecule has 0 atom stereocenters. The molecule has 0 saturated heterocycles. The van der Waals surface area contributed by atoms with E-state index in [4.69, 9.17) is 0 Å². The van der Waals surface area contributed by atoms with Crippen LogP contribution in [-0.2, 0) is 14.8 Å². The molecule has 1 aromatic rings. The van der Waals surface area contributed by atoms with Gasteiger partial charge in [0.15, 0.2) is 0 Å². The maximum absolute atomic E-state index is 11.7. The van der Waals surface area contributed by atoms with Gasteiger partial charge in [0.25, 0.3) is 0 Å². The predicted octanol–water partition coefficient (Wildman–Crippen LogP) is -0.442. The minimum Gasteiger partial charge on any atom is -0.288 e. The first-order valence-electron chi connectivity index (χ1n) is 4.93. The SMILES string of the molecule is CN(C)NC(=O)CNS(=O)(=O)c1ccccc1. The summed E-state index contributed by atoms with van der Waals surface area (Å²) in [6.07, 6.45) is 0. The van der Waals surface area contributed by atoms with Crippen LogP contribution in [0.3, 0.4) is 0 Å². The topological polar surface area (TPSA) is 78.5 Å². The van der Waals surface area contributed by atoms with Gasteiger partial charge in [-0.15, -0.1) is 0 Å². The average Bonchev–Trinajstić information content (AvgIpc) is 2.27. The normalized spacial score (nSPS) is 11.5. The lowest BCUT2D eigenvalue weighted by Crippen LogP contribution is -2.42. The van der Waals surface area contributed by atoms with Crippen molar-refractivity contribution in [2.24, 2.45) is 0 Å². The standard InChI is InChI=1S/C10H15N3O3S/c1-13(2)12-10(14)8-11-17(15,16)9-6-4-3-5-7-9/h3-7,11H,8H2,1-2H3,(H,12,14). The lowest BCUT2D eigenvalue weighted by Gasteiger charge is -2.12. The van der Waals surface area contributed by atoms with E-state index in [0.29, 0.717) is 0 Å². The second kappa shape index (κ2) is 5.76. The van der Waals surface area contributed by atoms with Crippen LogP contribution in [0.1, 0.15) is 0 Å². The van der Waals surface area contributed by atoms with E-state index >= 15 is 0 Å². The Hall–Kier alpha value is -1.44. The van der Waals surface area contributed by atoms with Gasteiger partial charge in [0.1, 0.15) is 0 Å². The van der Waals surface area contributed by atoms with Gasteiger partial charge in [-0.2, -0.15) is 0 Å². The largest absolute Gasteiger partial charge is 0.288 e. The van der Waals surface area contributed by atoms with Gasteiger partial charge in [-0.1, -0.05) is 18.2 Å². The Balaban J connectivity index is 2.60. The van der Waals surface area contributed by atoms with Gasteiger partial charge >= 0.3 is 0 Å². The zero-order chi connectivity index (χ0) is 12.9. The van der Waals surface area contributed by atoms with Crippen molar-refractivity contribution in [3.05, 3.63) is 30.3 Å². The van der Waals surface area contributed by atoms with Crippen LogP contribution in [0.2, 0.25) is 0 Å². The van der Waals surface area contributed by atoms with Crippen LogP contribution >= 0.6 is 0 Å². The summed E-state index contributed by atoms with van der Waals surface area (Å²) in [6.45, 7) is -0.296. The highest BCUT2D eigenvalue weighted by Crippen LogP contribution is 2.06. The molecule has 1 aromatic carbocycles. The zero-order valence-corrected chi connectivity index (χ0v) is 10.5. The number of hydrazine groups is 1. The lowest BCUT2D eigenvalue weighted by molar-refractivity contribution is -0.123. The van der Waals surface area contributed by atoms with Crippen molar-refractivity contribution in [2.45, 2.75) is 4.90 Å². The molecule has 7 heteroatoms. The molecule has 0 aromatic heterocycles. The number of nitrogens with one attached hydrogen (secondary N) is 2. The van der Waals surface area contributed by atoms with Crippen LogP contribution in [-0.4, -0.2) is 40.0 Å². The molecule has 0 spiro atoms. The molecule has 0 saturated carbocycles. The Morgan fingerprint density at radius 3 is 2.35 bits per heavy atom. The van der Waals surface area contributed by atoms with Gasteiger partial charge in [0, 0.05) is 14.1 Å². The molecule has 0 aliphatic heterocycles. The second-order valence-corrected chi connectivity index (χ2v) is 5.33. The summed E-state index contributed by atoms with van der Waals surface area (Å²) < 4.78 is 25.6. The maximum Gasteiger partial charge on any atom is 0.249 e. The summed E-state index contributed by atoms with van der Waals surface area (Å²) in [4.78, 5) is 11.4. The third-order valence-electron chi connectivity index (χ3n) is 1.82. The molecule has 1 rings (SSSR count). The molecule has 17 heavy (non-hydrogen) atoms. The number of carbonyl (C=O) groups excluding carboxylic acids is 1. The van der Waals surface area contributed by atoms with E-state index in [1.54, 1.807) is 32.3 Å². The van der Waals surface area contributed by atoms with Crippen molar-refractivity contribution in [1.82, 2.24) is 15.2 Å². The fourth-order valence-corrected chi connectivity index (χ4v) is 2.14. The number of amides is 1. The van der Waals surface area contributed by atoms with Crippen LogP contribution in [0.25, 0.3) is 0 Å². The Bertz CT molecular complexity index is 471. The van der Waals surface area contributed by atoms with Crippen molar-refractivity contribution < 1.29 is 13.2 Å². The highest BCUT2D eigenvalue weighted by atomic mass is 32.2. The molecular weight excluding hydrogens is 242 g/mol. The first-order valence-corrected chi connectivity index (χ1v) is 6.41. The van der Waals surface area contributed by atoms with E-state index in [0.717, 1.165) is 0 Å². The minimum absolute atomic E-state index is 0.137. The van der Waals surface area contributed by atoms with Crippen molar-refractivity contribution in [3.8, 4) is 0 Å². The first kappa shape index (κ1) is 13.6. The molecule has 0 bridgehead atoms. The molecule has 1 amide bonds. The molecule has 2 N–H and O–H groups in total. The molecule has 0 heterocycles. The van der Waals surface area contributed by atoms with E-state index < -0.39 is 15.9 Å². The quantitative estimate of drug-likeness (QED) is 0.701. The maximum atomic E-state index is 11.7. The van der Waals surface area contributed by atoms with Gasteiger partial charge in [-0.25, -0.2) is 18.1 Å². The minimum atomic E-state index is -3.62. The van der Waals surface area contributed by atoms with Crippen molar-refractivity contribution in [3.63, 3.8) is 0 Å². The van der Waals surface area contributed by atoms with Crippen LogP contribution in [0.15, 0.2) is 35.2 Å². The van der Waals surface area contributed by atoms with E-state index in [1.165, 1.54) is 17.1 Å². The molecule has 0 fully saturated rings. The number of hydrogen-bond donors (Lipinski definition) is 2. The molecule has 0 aliphatic rings. The molecular formula is C10H15N3O3S. The van der Waals surface area contributed by atoms with Gasteiger partial charge in [-0.3, -0.25) is 10.2 Å². The average molecular weight is 257 g/mol. The molecule has 94 valence electrons. The van der Waals surface area contributed by atoms with Gasteiger partial charge < -0.3 is 0 Å². The Morgan fingerprint density at radius 2 is 1.82 bits per heavy atom. The number of sulfonamides is 1. The predicted molar refractivity (Wildman–Crippen MR) is 63.5 cm³/mol. The highest BCUT2D eigenvalue weighted by molar-refractivity contribution is 7.89. The van der Waals surface area contributed by atoms with Crippen LogP contribution < -0.4 is 10.1 Å². The second-order valence-electron chi connectivity index (χ2n) is 3.57. The number of rotatable bonds is 5. The number of carbonyl (C=O) groups is 1. The molecule has 0 radical (unpaired) electrons. The third-order valence-corrected chi connectivity index (χ3v) is 3.24. The summed E-state index contributed by atoms with van der Waals surface area (Å²) in [7, 11) is -0.336. The molecule has 0 aliphatic carbocycles. The van der Waals surface area contributed by atoms with Gasteiger partial charge in [0.05, 0.1) is 11.4 Å². The van der Waals surface area contributed by atoms with Crippen molar-refractivity contribution in [2.75, 3.05) is 20.6 Å². The summed E-state index contributed by atoms with van der Waals surface area (Å²) in [5.41, 5.74) is 2.43. The Morgan fingerprint density at radius 1 is 1.24 bits per heavy atom. The Kier molecular flexibility index (Phi) is 4.62. The first-order chi connectivity index (χ1) is 7.92. The monoisotopic (exact) mass is 257 g/mol. The van der Waals surface area contributed by atoms with Crippen molar-refractivity contribution >= 4 is 15.9 Å². The lowest BCUT2D eigenvalue weighted by atomic mass is 10.4. The van der Waals surface area contributed by atoms with E-state index in [1.807, 2.05) is 0 Å². The highest BCUT2D eigenvalue weighted by Gasteiger charge is 2.14. The molecule has 0 unspecified atom stereocenters. The van der Waals surface area contributed by atoms with Crippen molar-refractivity contribution in [1.29, 1.82) is 0 Å². The molecule has 6 nitrogen and oxygen atoms in total. The summed E-state index contributed by atoms with van der Waals surface area (Å²) in [5.74, 6) is -0.422. The fourth-order valence-electron chi connectivity index (χ4n) is 1.13. The fraction of sp³-hybridized carbons (Fsp3) is 0.300. The van der Waals surface area contributed by atoms with E-state index in [9.17, 15) is 13.2 Å².